The van der Waals surface area contributed by atoms with Crippen LogP contribution in [0.15, 0.2) is 48.5 Å². The Balaban J connectivity index is 1.51. The first-order valence-electron chi connectivity index (χ1n) is 6.66. The number of hydrogen-bond acceptors (Lipinski definition) is 5. The lowest BCUT2D eigenvalue weighted by molar-refractivity contribution is 0.0953. The fraction of sp³-hybridized carbons (Fsp3) is 0. The summed E-state index contributed by atoms with van der Waals surface area (Å²) in [6.07, 6.45) is 0. The molecule has 0 bridgehead atoms. The van der Waals surface area contributed by atoms with Gasteiger partial charge in [0.05, 0.1) is 21.3 Å². The smallest absolute Gasteiger partial charge is 0.305 e. The maximum atomic E-state index is 12.1. The molecule has 0 atom stereocenters. The topological polar surface area (TPSA) is 82.7 Å². The number of thiazole rings is 1. The molecule has 0 unspecified atom stereocenters. The van der Waals surface area contributed by atoms with Crippen LogP contribution in [-0.4, -0.2) is 20.9 Å². The molecule has 3 N–H and O–H groups in total. The van der Waals surface area contributed by atoms with E-state index >= 15 is 0 Å². The van der Waals surface area contributed by atoms with Crippen LogP contribution in [0.4, 0.5) is 5.13 Å². The number of hydrogen-bond donors (Lipinski definition) is 3. The van der Waals surface area contributed by atoms with Gasteiger partial charge >= 0.3 is 5.91 Å². The molecule has 108 valence electrons. The number of para-hydroxylation sites is 3. The number of amides is 1. The molecule has 4 aromatic rings. The normalized spacial score (nSPS) is 10.9. The largest absolute Gasteiger partial charge is 0.334 e. The third-order valence-corrected chi connectivity index (χ3v) is 4.13. The monoisotopic (exact) mass is 309 g/mol. The van der Waals surface area contributed by atoms with Crippen LogP contribution in [0.3, 0.4) is 0 Å². The van der Waals surface area contributed by atoms with Crippen molar-refractivity contribution in [1.29, 1.82) is 0 Å². The minimum Gasteiger partial charge on any atom is -0.334 e. The summed E-state index contributed by atoms with van der Waals surface area (Å²) in [5.74, 6) is -0.0785. The van der Waals surface area contributed by atoms with Crippen LogP contribution in [0.1, 0.15) is 10.6 Å². The van der Waals surface area contributed by atoms with Crippen molar-refractivity contribution in [3.63, 3.8) is 0 Å². The summed E-state index contributed by atoms with van der Waals surface area (Å²) in [7, 11) is 0. The van der Waals surface area contributed by atoms with E-state index in [-0.39, 0.29) is 11.7 Å². The van der Waals surface area contributed by atoms with E-state index in [1.165, 1.54) is 11.3 Å². The van der Waals surface area contributed by atoms with Crippen molar-refractivity contribution in [2.75, 3.05) is 5.43 Å². The molecule has 2 aromatic heterocycles. The second-order valence-electron chi connectivity index (χ2n) is 4.67. The summed E-state index contributed by atoms with van der Waals surface area (Å²) in [6, 6.07) is 15.3. The second-order valence-corrected chi connectivity index (χ2v) is 5.70. The highest BCUT2D eigenvalue weighted by molar-refractivity contribution is 7.22. The summed E-state index contributed by atoms with van der Waals surface area (Å²) in [5.41, 5.74) is 7.91. The van der Waals surface area contributed by atoms with E-state index in [4.69, 9.17) is 0 Å². The Morgan fingerprint density at radius 3 is 2.59 bits per heavy atom. The van der Waals surface area contributed by atoms with Crippen LogP contribution in [0, 0.1) is 0 Å². The molecule has 0 aliphatic heterocycles. The van der Waals surface area contributed by atoms with E-state index in [2.05, 4.69) is 25.8 Å². The van der Waals surface area contributed by atoms with Crippen LogP contribution >= 0.6 is 11.3 Å². The Kier molecular flexibility index (Phi) is 2.97. The fourth-order valence-corrected chi connectivity index (χ4v) is 2.97. The molecule has 7 heteroatoms. The van der Waals surface area contributed by atoms with Crippen molar-refractivity contribution >= 4 is 43.6 Å². The lowest BCUT2D eigenvalue weighted by atomic mass is 10.3. The second kappa shape index (κ2) is 5.12. The maximum Gasteiger partial charge on any atom is 0.305 e. The SMILES string of the molecule is O=C(NNc1nc2ccccc2s1)c1nc2ccccc2[nH]1. The highest BCUT2D eigenvalue weighted by Crippen LogP contribution is 2.24. The van der Waals surface area contributed by atoms with Crippen LogP contribution in [-0.2, 0) is 0 Å². The first-order chi connectivity index (χ1) is 10.8. The minimum absolute atomic E-state index is 0.259. The third kappa shape index (κ3) is 2.27. The Hall–Kier alpha value is -2.93. The van der Waals surface area contributed by atoms with Gasteiger partial charge in [0.15, 0.2) is 5.82 Å². The molecule has 6 nitrogen and oxygen atoms in total. The van der Waals surface area contributed by atoms with E-state index in [0.717, 1.165) is 21.3 Å². The highest BCUT2D eigenvalue weighted by Gasteiger charge is 2.11. The van der Waals surface area contributed by atoms with Gasteiger partial charge in [0.1, 0.15) is 0 Å². The molecule has 0 fully saturated rings. The summed E-state index contributed by atoms with van der Waals surface area (Å²) < 4.78 is 1.06. The first kappa shape index (κ1) is 12.8. The van der Waals surface area contributed by atoms with Gasteiger partial charge in [-0.25, -0.2) is 9.97 Å². The van der Waals surface area contributed by atoms with Gasteiger partial charge in [-0.15, -0.1) is 0 Å². The van der Waals surface area contributed by atoms with E-state index in [1.54, 1.807) is 0 Å². The van der Waals surface area contributed by atoms with Crippen molar-refractivity contribution in [3.8, 4) is 0 Å². The van der Waals surface area contributed by atoms with E-state index in [0.29, 0.717) is 5.13 Å². The third-order valence-electron chi connectivity index (χ3n) is 3.18. The number of aromatic amines is 1. The van der Waals surface area contributed by atoms with Gasteiger partial charge in [-0.05, 0) is 24.3 Å². The molecule has 0 radical (unpaired) electrons. The molecule has 2 heterocycles. The van der Waals surface area contributed by atoms with Crippen molar-refractivity contribution < 1.29 is 4.79 Å². The van der Waals surface area contributed by atoms with Crippen molar-refractivity contribution in [2.24, 2.45) is 0 Å². The molecule has 0 aliphatic rings. The first-order valence-corrected chi connectivity index (χ1v) is 7.48. The summed E-state index contributed by atoms with van der Waals surface area (Å²) >= 11 is 1.47. The molecule has 22 heavy (non-hydrogen) atoms. The number of carbonyl (C=O) groups excluding carboxylic acids is 1. The zero-order valence-electron chi connectivity index (χ0n) is 11.3. The van der Waals surface area contributed by atoms with Gasteiger partial charge in [-0.1, -0.05) is 35.6 Å². The van der Waals surface area contributed by atoms with E-state index in [9.17, 15) is 4.79 Å². The van der Waals surface area contributed by atoms with Crippen LogP contribution in [0.5, 0.6) is 0 Å². The van der Waals surface area contributed by atoms with Gasteiger partial charge in [-0.2, -0.15) is 0 Å². The molecular formula is C15H11N5OS. The number of rotatable bonds is 3. The van der Waals surface area contributed by atoms with Crippen LogP contribution < -0.4 is 10.9 Å². The molecule has 1 amide bonds. The number of H-pyrrole nitrogens is 1. The number of hydrazine groups is 1. The summed E-state index contributed by atoms with van der Waals surface area (Å²) in [5, 5.41) is 0.630. The molecule has 0 saturated heterocycles. The number of fused-ring (bicyclic) bond motifs is 2. The number of anilines is 1. The van der Waals surface area contributed by atoms with Gasteiger partial charge < -0.3 is 4.98 Å². The van der Waals surface area contributed by atoms with Crippen molar-refractivity contribution in [3.05, 3.63) is 54.4 Å². The lowest BCUT2D eigenvalue weighted by Crippen LogP contribution is -2.30. The number of nitrogens with one attached hydrogen (secondary N) is 3. The van der Waals surface area contributed by atoms with Crippen LogP contribution in [0.25, 0.3) is 21.3 Å². The summed E-state index contributed by atoms with van der Waals surface area (Å²) in [6.45, 7) is 0. The number of carbonyl (C=O) groups is 1. The molecule has 0 spiro atoms. The van der Waals surface area contributed by atoms with Gasteiger partial charge in [0.2, 0.25) is 5.13 Å². The molecule has 0 aliphatic carbocycles. The van der Waals surface area contributed by atoms with E-state index < -0.39 is 0 Å². The average Bonchev–Trinajstić information content (AvgIpc) is 3.15. The predicted octanol–water partition coefficient (Wildman–Crippen LogP) is 2.93. The highest BCUT2D eigenvalue weighted by atomic mass is 32.1. The van der Waals surface area contributed by atoms with Crippen molar-refractivity contribution in [2.45, 2.75) is 0 Å². The Morgan fingerprint density at radius 2 is 1.77 bits per heavy atom. The molecule has 4 rings (SSSR count). The summed E-state index contributed by atoms with van der Waals surface area (Å²) in [4.78, 5) is 23.7. The average molecular weight is 309 g/mol. The lowest BCUT2D eigenvalue weighted by Gasteiger charge is -2.02. The minimum atomic E-state index is -0.338. The van der Waals surface area contributed by atoms with Gasteiger partial charge in [0, 0.05) is 0 Å². The fourth-order valence-electron chi connectivity index (χ4n) is 2.16. The Bertz CT molecular complexity index is 908. The zero-order valence-corrected chi connectivity index (χ0v) is 12.1. The van der Waals surface area contributed by atoms with Gasteiger partial charge in [0.25, 0.3) is 0 Å². The Morgan fingerprint density at radius 1 is 1.00 bits per heavy atom. The quantitative estimate of drug-likeness (QED) is 0.508. The van der Waals surface area contributed by atoms with Gasteiger partial charge in [-0.3, -0.25) is 15.6 Å². The van der Waals surface area contributed by atoms with Crippen LogP contribution in [0.2, 0.25) is 0 Å². The zero-order chi connectivity index (χ0) is 14.9. The molecule has 0 saturated carbocycles. The predicted molar refractivity (Wildman–Crippen MR) is 86.8 cm³/mol. The van der Waals surface area contributed by atoms with E-state index in [1.807, 2.05) is 48.5 Å². The molecule has 2 aromatic carbocycles. The van der Waals surface area contributed by atoms with Crippen molar-refractivity contribution in [1.82, 2.24) is 20.4 Å². The number of imidazole rings is 1. The molecular weight excluding hydrogens is 298 g/mol. The number of benzene rings is 2. The standard InChI is InChI=1S/C15H11N5OS/c21-14(13-16-9-5-1-2-6-10(9)17-13)19-20-15-18-11-7-3-4-8-12(11)22-15/h1-8H,(H,16,17)(H,18,20)(H,19,21). The number of nitrogens with zero attached hydrogens (tertiary/aromatic N) is 2. The maximum absolute atomic E-state index is 12.1. The number of aromatic nitrogens is 3. The Labute approximate surface area is 129 Å².